The molecule has 146 valence electrons. The highest BCUT2D eigenvalue weighted by molar-refractivity contribution is 7.89. The van der Waals surface area contributed by atoms with Crippen molar-refractivity contribution < 1.29 is 13.2 Å². The average Bonchev–Trinajstić information content (AvgIpc) is 2.61. The van der Waals surface area contributed by atoms with E-state index in [9.17, 15) is 13.2 Å². The minimum Gasteiger partial charge on any atom is -0.356 e. The first-order chi connectivity index (χ1) is 12.2. The first kappa shape index (κ1) is 20.9. The van der Waals surface area contributed by atoms with Gasteiger partial charge in [0.2, 0.25) is 15.9 Å². The molecule has 0 aromatic heterocycles. The molecular formula is C20H32N2O3S. The van der Waals surface area contributed by atoms with Crippen molar-refractivity contribution in [2.45, 2.75) is 57.8 Å². The molecule has 1 saturated heterocycles. The van der Waals surface area contributed by atoms with Crippen LogP contribution in [0.4, 0.5) is 0 Å². The molecule has 1 fully saturated rings. The van der Waals surface area contributed by atoms with Crippen molar-refractivity contribution in [2.24, 2.45) is 11.8 Å². The van der Waals surface area contributed by atoms with Crippen LogP contribution in [0.3, 0.4) is 0 Å². The molecule has 0 spiro atoms. The lowest BCUT2D eigenvalue weighted by atomic mass is 9.97. The van der Waals surface area contributed by atoms with Gasteiger partial charge in [-0.15, -0.1) is 0 Å². The van der Waals surface area contributed by atoms with Gasteiger partial charge < -0.3 is 5.32 Å². The third kappa shape index (κ3) is 5.30. The summed E-state index contributed by atoms with van der Waals surface area (Å²) in [5.74, 6) is 0.905. The molecule has 5 nitrogen and oxygen atoms in total. The van der Waals surface area contributed by atoms with Gasteiger partial charge in [-0.25, -0.2) is 8.42 Å². The maximum atomic E-state index is 12.8. The van der Waals surface area contributed by atoms with Gasteiger partial charge >= 0.3 is 0 Å². The number of nitrogens with one attached hydrogen (secondary N) is 1. The molecule has 1 aliphatic rings. The Morgan fingerprint density at radius 2 is 1.69 bits per heavy atom. The second-order valence-electron chi connectivity index (χ2n) is 7.88. The molecule has 1 aliphatic heterocycles. The van der Waals surface area contributed by atoms with E-state index in [4.69, 9.17) is 0 Å². The monoisotopic (exact) mass is 380 g/mol. The van der Waals surface area contributed by atoms with Gasteiger partial charge in [0.1, 0.15) is 0 Å². The van der Waals surface area contributed by atoms with Crippen molar-refractivity contribution in [3.8, 4) is 0 Å². The molecule has 26 heavy (non-hydrogen) atoms. The van der Waals surface area contributed by atoms with Crippen LogP contribution in [0.1, 0.15) is 58.4 Å². The summed E-state index contributed by atoms with van der Waals surface area (Å²) in [6.45, 7) is 9.91. The zero-order valence-corrected chi connectivity index (χ0v) is 17.2. The third-order valence-corrected chi connectivity index (χ3v) is 6.94. The molecule has 6 heteroatoms. The number of carbonyl (C=O) groups excluding carboxylic acids is 1. The molecule has 2 rings (SSSR count). The Labute approximate surface area is 158 Å². The van der Waals surface area contributed by atoms with Crippen molar-refractivity contribution in [1.29, 1.82) is 0 Å². The summed E-state index contributed by atoms with van der Waals surface area (Å²) in [5.41, 5.74) is 1.13. The van der Waals surface area contributed by atoms with Crippen LogP contribution in [0.25, 0.3) is 0 Å². The zero-order valence-electron chi connectivity index (χ0n) is 16.4. The summed E-state index contributed by atoms with van der Waals surface area (Å²) in [4.78, 5) is 12.6. The van der Waals surface area contributed by atoms with E-state index in [1.54, 1.807) is 12.1 Å². The number of piperidine rings is 1. The van der Waals surface area contributed by atoms with Crippen molar-refractivity contribution in [3.05, 3.63) is 29.8 Å². The summed E-state index contributed by atoms with van der Waals surface area (Å²) in [6, 6.07) is 7.14. The second kappa shape index (κ2) is 9.00. The van der Waals surface area contributed by atoms with E-state index in [0.717, 1.165) is 12.0 Å². The van der Waals surface area contributed by atoms with E-state index in [1.165, 1.54) is 4.31 Å². The smallest absolute Gasteiger partial charge is 0.243 e. The van der Waals surface area contributed by atoms with Gasteiger partial charge in [0.15, 0.2) is 0 Å². The van der Waals surface area contributed by atoms with Crippen molar-refractivity contribution in [1.82, 2.24) is 9.62 Å². The lowest BCUT2D eigenvalue weighted by Crippen LogP contribution is -2.43. The van der Waals surface area contributed by atoms with Crippen LogP contribution < -0.4 is 5.32 Å². The van der Waals surface area contributed by atoms with Gasteiger partial charge in [-0.3, -0.25) is 4.79 Å². The summed E-state index contributed by atoms with van der Waals surface area (Å²) in [6.07, 6.45) is 2.12. The molecule has 1 N–H and O–H groups in total. The van der Waals surface area contributed by atoms with Gasteiger partial charge in [-0.2, -0.15) is 4.31 Å². The maximum Gasteiger partial charge on any atom is 0.243 e. The molecule has 1 aromatic rings. The number of benzene rings is 1. The van der Waals surface area contributed by atoms with Gasteiger partial charge in [0.05, 0.1) is 4.90 Å². The van der Waals surface area contributed by atoms with Crippen LogP contribution in [-0.2, 0) is 14.8 Å². The molecule has 0 unspecified atom stereocenters. The summed E-state index contributed by atoms with van der Waals surface area (Å²) >= 11 is 0. The van der Waals surface area contributed by atoms with E-state index < -0.39 is 10.0 Å². The Morgan fingerprint density at radius 3 is 2.19 bits per heavy atom. The lowest BCUT2D eigenvalue weighted by molar-refractivity contribution is -0.126. The van der Waals surface area contributed by atoms with Crippen LogP contribution in [0, 0.1) is 11.8 Å². The Hall–Kier alpha value is -1.40. The number of sulfonamides is 1. The summed E-state index contributed by atoms with van der Waals surface area (Å²) in [5, 5.41) is 2.98. The van der Waals surface area contributed by atoms with Crippen molar-refractivity contribution in [2.75, 3.05) is 19.6 Å². The lowest BCUT2D eigenvalue weighted by Gasteiger charge is -2.30. The van der Waals surface area contributed by atoms with E-state index in [1.807, 2.05) is 12.1 Å². The average molecular weight is 381 g/mol. The Kier molecular flexibility index (Phi) is 7.24. The van der Waals surface area contributed by atoms with Crippen LogP contribution in [0.2, 0.25) is 0 Å². The predicted molar refractivity (Wildman–Crippen MR) is 104 cm³/mol. The normalized spacial score (nSPS) is 17.0. The van der Waals surface area contributed by atoms with Crippen LogP contribution in [0.5, 0.6) is 0 Å². The van der Waals surface area contributed by atoms with E-state index >= 15 is 0 Å². The fourth-order valence-electron chi connectivity index (χ4n) is 3.16. The van der Waals surface area contributed by atoms with E-state index in [0.29, 0.717) is 49.2 Å². The molecule has 0 aliphatic carbocycles. The quantitative estimate of drug-likeness (QED) is 0.789. The Balaban J connectivity index is 1.92. The van der Waals surface area contributed by atoms with E-state index in [2.05, 4.69) is 33.0 Å². The molecule has 0 bridgehead atoms. The van der Waals surface area contributed by atoms with Crippen LogP contribution in [0.15, 0.2) is 29.2 Å². The third-order valence-electron chi connectivity index (χ3n) is 5.03. The molecule has 1 aromatic carbocycles. The maximum absolute atomic E-state index is 12.8. The SMILES string of the molecule is CC(C)CCNC(=O)C1CCN(S(=O)(=O)c2ccc(C(C)C)cc2)CC1. The number of amides is 1. The van der Waals surface area contributed by atoms with Gasteiger partial charge in [-0.05, 0) is 48.8 Å². The molecular weight excluding hydrogens is 348 g/mol. The molecule has 0 atom stereocenters. The first-order valence-electron chi connectivity index (χ1n) is 9.59. The largest absolute Gasteiger partial charge is 0.356 e. The second-order valence-corrected chi connectivity index (χ2v) is 9.81. The van der Waals surface area contributed by atoms with Crippen LogP contribution >= 0.6 is 0 Å². The highest BCUT2D eigenvalue weighted by Crippen LogP contribution is 2.25. The zero-order chi connectivity index (χ0) is 19.3. The standard InChI is InChI=1S/C20H32N2O3S/c1-15(2)9-12-21-20(23)18-10-13-22(14-11-18)26(24,25)19-7-5-17(6-8-19)16(3)4/h5-8,15-16,18H,9-14H2,1-4H3,(H,21,23). The van der Waals surface area contributed by atoms with Crippen LogP contribution in [-0.4, -0.2) is 38.3 Å². The highest BCUT2D eigenvalue weighted by atomic mass is 32.2. The minimum absolute atomic E-state index is 0.0592. The molecule has 1 heterocycles. The topological polar surface area (TPSA) is 66.5 Å². The highest BCUT2D eigenvalue weighted by Gasteiger charge is 2.31. The van der Waals surface area contributed by atoms with E-state index in [-0.39, 0.29) is 11.8 Å². The van der Waals surface area contributed by atoms with Crippen molar-refractivity contribution in [3.63, 3.8) is 0 Å². The number of nitrogens with zero attached hydrogens (tertiary/aromatic N) is 1. The predicted octanol–water partition coefficient (Wildman–Crippen LogP) is 3.37. The Bertz CT molecular complexity index is 688. The number of hydrogen-bond acceptors (Lipinski definition) is 3. The fourth-order valence-corrected chi connectivity index (χ4v) is 4.63. The van der Waals surface area contributed by atoms with Gasteiger partial charge in [-0.1, -0.05) is 39.8 Å². The first-order valence-corrected chi connectivity index (χ1v) is 11.0. The summed E-state index contributed by atoms with van der Waals surface area (Å²) in [7, 11) is -3.48. The fraction of sp³-hybridized carbons (Fsp3) is 0.650. The van der Waals surface area contributed by atoms with Crippen molar-refractivity contribution >= 4 is 15.9 Å². The Morgan fingerprint density at radius 1 is 1.12 bits per heavy atom. The van der Waals surface area contributed by atoms with Gasteiger partial charge in [0, 0.05) is 25.6 Å². The minimum atomic E-state index is -3.48. The molecule has 0 saturated carbocycles. The molecule has 0 radical (unpaired) electrons. The number of hydrogen-bond donors (Lipinski definition) is 1. The molecule has 1 amide bonds. The van der Waals surface area contributed by atoms with Gasteiger partial charge in [0.25, 0.3) is 0 Å². The number of carbonyl (C=O) groups is 1. The number of rotatable bonds is 7. The summed E-state index contributed by atoms with van der Waals surface area (Å²) < 4.78 is 27.1.